The second-order valence-corrected chi connectivity index (χ2v) is 8.15. The lowest BCUT2D eigenvalue weighted by atomic mass is 10.1. The van der Waals surface area contributed by atoms with Crippen molar-refractivity contribution in [3.63, 3.8) is 0 Å². The number of aryl methyl sites for hydroxylation is 1. The molecule has 1 aliphatic rings. The third-order valence-electron chi connectivity index (χ3n) is 5.88. The van der Waals surface area contributed by atoms with Crippen molar-refractivity contribution < 1.29 is 9.72 Å². The summed E-state index contributed by atoms with van der Waals surface area (Å²) in [6.07, 6.45) is 4.30. The van der Waals surface area contributed by atoms with Crippen molar-refractivity contribution in [2.24, 2.45) is 0 Å². The molecule has 0 saturated heterocycles. The Hall–Kier alpha value is -4.41. The Labute approximate surface area is 194 Å². The number of rotatable bonds is 5. The van der Waals surface area contributed by atoms with Crippen molar-refractivity contribution in [1.29, 1.82) is 0 Å². The molecule has 5 rings (SSSR count). The van der Waals surface area contributed by atoms with Gasteiger partial charge in [-0.05, 0) is 38.0 Å². The van der Waals surface area contributed by atoms with E-state index in [2.05, 4.69) is 30.4 Å². The number of carbonyl (C=O) groups excluding carboxylic acids is 1. The minimum atomic E-state index is -0.482. The molecular formula is C23H22N8O3. The number of fused-ring (bicyclic) bond motifs is 1. The smallest absolute Gasteiger partial charge is 0.278 e. The predicted molar refractivity (Wildman–Crippen MR) is 124 cm³/mol. The predicted octanol–water partition coefficient (Wildman–Crippen LogP) is 3.72. The van der Waals surface area contributed by atoms with Crippen LogP contribution in [0, 0.1) is 17.0 Å². The summed E-state index contributed by atoms with van der Waals surface area (Å²) in [6.45, 7) is 2.57. The number of benzene rings is 2. The lowest BCUT2D eigenvalue weighted by molar-refractivity contribution is -0.384. The third-order valence-corrected chi connectivity index (χ3v) is 5.88. The first-order valence-electron chi connectivity index (χ1n) is 11.0. The molecule has 0 spiro atoms. The highest BCUT2D eigenvalue weighted by atomic mass is 16.6. The van der Waals surface area contributed by atoms with Gasteiger partial charge in [0.05, 0.1) is 16.3 Å². The summed E-state index contributed by atoms with van der Waals surface area (Å²) in [5.74, 6) is 1.36. The summed E-state index contributed by atoms with van der Waals surface area (Å²) in [7, 11) is 0. The molecule has 0 radical (unpaired) electrons. The standard InChI is InChI=1S/C23H22N8O3/c1-15-21(26-28-30(15)18-9-6-10-19(14-18)31(33)34)23(32)24-17-8-5-7-16(13-17)22-27-25-20-11-3-2-4-12-29(20)22/h5-10,13-14H,2-4,11-12H2,1H3,(H,24,32). The van der Waals surface area contributed by atoms with Gasteiger partial charge in [0.25, 0.3) is 11.6 Å². The van der Waals surface area contributed by atoms with Gasteiger partial charge in [0.15, 0.2) is 11.5 Å². The summed E-state index contributed by atoms with van der Waals surface area (Å²) >= 11 is 0. The van der Waals surface area contributed by atoms with Crippen molar-refractivity contribution >= 4 is 17.3 Å². The maximum Gasteiger partial charge on any atom is 0.278 e. The molecule has 34 heavy (non-hydrogen) atoms. The Bertz CT molecular complexity index is 1390. The molecule has 172 valence electrons. The van der Waals surface area contributed by atoms with E-state index in [1.54, 1.807) is 25.1 Å². The van der Waals surface area contributed by atoms with E-state index >= 15 is 0 Å². The molecule has 2 aromatic heterocycles. The Morgan fingerprint density at radius 2 is 1.91 bits per heavy atom. The molecule has 2 aromatic carbocycles. The third kappa shape index (κ3) is 4.03. The highest BCUT2D eigenvalue weighted by Gasteiger charge is 2.20. The van der Waals surface area contributed by atoms with Crippen LogP contribution in [0.3, 0.4) is 0 Å². The molecule has 0 unspecified atom stereocenters. The van der Waals surface area contributed by atoms with Crippen LogP contribution in [-0.4, -0.2) is 40.6 Å². The summed E-state index contributed by atoms with van der Waals surface area (Å²) in [6, 6.07) is 13.5. The highest BCUT2D eigenvalue weighted by Crippen LogP contribution is 2.25. The van der Waals surface area contributed by atoms with Gasteiger partial charge in [0, 0.05) is 36.3 Å². The average Bonchev–Trinajstić information content (AvgIpc) is 3.34. The number of nitrogens with one attached hydrogen (secondary N) is 1. The van der Waals surface area contributed by atoms with E-state index in [-0.39, 0.29) is 11.4 Å². The molecule has 11 nitrogen and oxygen atoms in total. The second-order valence-electron chi connectivity index (χ2n) is 8.15. The van der Waals surface area contributed by atoms with Crippen LogP contribution in [0.2, 0.25) is 0 Å². The molecule has 11 heteroatoms. The van der Waals surface area contributed by atoms with Gasteiger partial charge in [0.2, 0.25) is 0 Å². The van der Waals surface area contributed by atoms with Gasteiger partial charge in [-0.25, -0.2) is 4.68 Å². The van der Waals surface area contributed by atoms with E-state index in [1.165, 1.54) is 23.2 Å². The first kappa shape index (κ1) is 21.4. The number of hydrogen-bond acceptors (Lipinski definition) is 7. The number of non-ortho nitro benzene ring substituents is 1. The Morgan fingerprint density at radius 3 is 2.76 bits per heavy atom. The van der Waals surface area contributed by atoms with Crippen LogP contribution in [-0.2, 0) is 13.0 Å². The fourth-order valence-corrected chi connectivity index (χ4v) is 4.15. The molecule has 4 aromatic rings. The van der Waals surface area contributed by atoms with E-state index in [0.29, 0.717) is 17.1 Å². The van der Waals surface area contributed by atoms with Crippen molar-refractivity contribution in [2.75, 3.05) is 5.32 Å². The quantitative estimate of drug-likeness (QED) is 0.356. The normalized spacial score (nSPS) is 13.2. The molecule has 0 aliphatic carbocycles. The van der Waals surface area contributed by atoms with Crippen molar-refractivity contribution in [3.8, 4) is 17.1 Å². The van der Waals surface area contributed by atoms with Crippen LogP contribution in [0.15, 0.2) is 48.5 Å². The van der Waals surface area contributed by atoms with Gasteiger partial charge in [-0.2, -0.15) is 0 Å². The maximum atomic E-state index is 13.0. The van der Waals surface area contributed by atoms with Crippen LogP contribution < -0.4 is 5.32 Å². The SMILES string of the molecule is Cc1c(C(=O)Nc2cccc(-c3nnc4n3CCCCC4)c2)nnn1-c1cccc([N+](=O)[O-])c1. The van der Waals surface area contributed by atoms with Gasteiger partial charge in [-0.15, -0.1) is 15.3 Å². The van der Waals surface area contributed by atoms with Crippen LogP contribution in [0.5, 0.6) is 0 Å². The van der Waals surface area contributed by atoms with Gasteiger partial charge in [-0.1, -0.05) is 29.8 Å². The van der Waals surface area contributed by atoms with E-state index in [1.807, 2.05) is 18.2 Å². The molecule has 1 amide bonds. The fraction of sp³-hybridized carbons (Fsp3) is 0.261. The number of carbonyl (C=O) groups is 1. The lowest BCUT2D eigenvalue weighted by Gasteiger charge is -2.09. The minimum absolute atomic E-state index is 0.0680. The zero-order valence-corrected chi connectivity index (χ0v) is 18.5. The number of aromatic nitrogens is 6. The number of amides is 1. The van der Waals surface area contributed by atoms with E-state index < -0.39 is 10.8 Å². The van der Waals surface area contributed by atoms with Crippen LogP contribution in [0.25, 0.3) is 17.1 Å². The Kier molecular flexibility index (Phi) is 5.58. The second kappa shape index (κ2) is 8.85. The van der Waals surface area contributed by atoms with Crippen molar-refractivity contribution in [1.82, 2.24) is 29.8 Å². The number of nitro benzene ring substituents is 1. The number of nitro groups is 1. The topological polar surface area (TPSA) is 134 Å². The molecule has 3 heterocycles. The van der Waals surface area contributed by atoms with Gasteiger partial charge < -0.3 is 9.88 Å². The largest absolute Gasteiger partial charge is 0.321 e. The molecule has 0 atom stereocenters. The first-order chi connectivity index (χ1) is 16.5. The van der Waals surface area contributed by atoms with Crippen molar-refractivity contribution in [3.05, 3.63) is 75.9 Å². The van der Waals surface area contributed by atoms with E-state index in [9.17, 15) is 14.9 Å². The number of anilines is 1. The van der Waals surface area contributed by atoms with Gasteiger partial charge in [0.1, 0.15) is 5.82 Å². The van der Waals surface area contributed by atoms with Gasteiger partial charge in [-0.3, -0.25) is 14.9 Å². The van der Waals surface area contributed by atoms with Crippen LogP contribution >= 0.6 is 0 Å². The summed E-state index contributed by atoms with van der Waals surface area (Å²) in [4.78, 5) is 23.6. The van der Waals surface area contributed by atoms with E-state index in [4.69, 9.17) is 0 Å². The molecule has 1 aliphatic heterocycles. The molecule has 0 bridgehead atoms. The molecule has 1 N–H and O–H groups in total. The van der Waals surface area contributed by atoms with Crippen LogP contribution in [0.4, 0.5) is 11.4 Å². The monoisotopic (exact) mass is 458 g/mol. The Balaban J connectivity index is 1.39. The maximum absolute atomic E-state index is 13.0. The average molecular weight is 458 g/mol. The van der Waals surface area contributed by atoms with E-state index in [0.717, 1.165) is 43.0 Å². The first-order valence-corrected chi connectivity index (χ1v) is 11.0. The van der Waals surface area contributed by atoms with Gasteiger partial charge >= 0.3 is 0 Å². The molecular weight excluding hydrogens is 436 g/mol. The molecule has 0 saturated carbocycles. The fourth-order valence-electron chi connectivity index (χ4n) is 4.15. The minimum Gasteiger partial charge on any atom is -0.321 e. The zero-order chi connectivity index (χ0) is 23.7. The highest BCUT2D eigenvalue weighted by molar-refractivity contribution is 6.03. The Morgan fingerprint density at radius 1 is 1.06 bits per heavy atom. The lowest BCUT2D eigenvalue weighted by Crippen LogP contribution is -2.14. The van der Waals surface area contributed by atoms with Crippen LogP contribution in [0.1, 0.15) is 41.3 Å². The zero-order valence-electron chi connectivity index (χ0n) is 18.5. The number of hydrogen-bond donors (Lipinski definition) is 1. The summed E-state index contributed by atoms with van der Waals surface area (Å²) < 4.78 is 3.56. The summed E-state index contributed by atoms with van der Waals surface area (Å²) in [5, 5.41) is 30.7. The summed E-state index contributed by atoms with van der Waals surface area (Å²) in [5.41, 5.74) is 2.45. The molecule has 0 fully saturated rings. The van der Waals surface area contributed by atoms with Crippen molar-refractivity contribution in [2.45, 2.75) is 39.2 Å². The number of nitrogens with zero attached hydrogens (tertiary/aromatic N) is 7.